The molecular weight excluding hydrogens is 288 g/mol. The van der Waals surface area contributed by atoms with Crippen LogP contribution in [0.15, 0.2) is 24.3 Å². The fourth-order valence-corrected chi connectivity index (χ4v) is 2.06. The molecule has 0 atom stereocenters. The van der Waals surface area contributed by atoms with Crippen molar-refractivity contribution in [3.63, 3.8) is 0 Å². The highest BCUT2D eigenvalue weighted by molar-refractivity contribution is 6.18. The molecule has 0 aromatic heterocycles. The maximum absolute atomic E-state index is 12.1. The van der Waals surface area contributed by atoms with Crippen LogP contribution in [0.2, 0.25) is 0 Å². The van der Waals surface area contributed by atoms with Crippen LogP contribution in [0.3, 0.4) is 0 Å². The van der Waals surface area contributed by atoms with Crippen LogP contribution in [-0.2, 0) is 14.9 Å². The fourth-order valence-electron chi connectivity index (χ4n) is 1.92. The molecular formula is C17H23ClO3. The molecule has 1 aromatic carbocycles. The van der Waals surface area contributed by atoms with Crippen molar-refractivity contribution in [2.45, 2.75) is 52.1 Å². The molecule has 0 heterocycles. The van der Waals surface area contributed by atoms with Gasteiger partial charge in [0.1, 0.15) is 0 Å². The Labute approximate surface area is 131 Å². The van der Waals surface area contributed by atoms with E-state index in [0.717, 1.165) is 5.56 Å². The Kier molecular flexibility index (Phi) is 6.41. The lowest BCUT2D eigenvalue weighted by Gasteiger charge is -2.24. The van der Waals surface area contributed by atoms with E-state index in [9.17, 15) is 9.59 Å². The van der Waals surface area contributed by atoms with Crippen LogP contribution in [0.5, 0.6) is 0 Å². The van der Waals surface area contributed by atoms with Gasteiger partial charge in [-0.3, -0.25) is 9.59 Å². The Morgan fingerprint density at radius 1 is 1.19 bits per heavy atom. The minimum atomic E-state index is -0.734. The largest absolute Gasteiger partial charge is 0.462 e. The first-order valence-electron chi connectivity index (χ1n) is 7.19. The molecule has 0 aliphatic heterocycles. The van der Waals surface area contributed by atoms with Gasteiger partial charge in [0, 0.05) is 17.9 Å². The maximum Gasteiger partial charge on any atom is 0.316 e. The van der Waals surface area contributed by atoms with Gasteiger partial charge in [-0.1, -0.05) is 24.3 Å². The number of alkyl halides is 1. The third-order valence-corrected chi connectivity index (χ3v) is 3.59. The van der Waals surface area contributed by atoms with Crippen molar-refractivity contribution in [2.24, 2.45) is 0 Å². The van der Waals surface area contributed by atoms with Gasteiger partial charge in [-0.2, -0.15) is 0 Å². The second-order valence-corrected chi connectivity index (χ2v) is 6.25. The van der Waals surface area contributed by atoms with Gasteiger partial charge < -0.3 is 4.74 Å². The summed E-state index contributed by atoms with van der Waals surface area (Å²) in [5.74, 6) is 0.293. The van der Waals surface area contributed by atoms with Crippen molar-refractivity contribution >= 4 is 23.4 Å². The molecule has 0 fully saturated rings. The number of Topliss-reactive ketones (excluding diaryl/α,β-unsaturated/α-hetero) is 1. The van der Waals surface area contributed by atoms with E-state index in [1.54, 1.807) is 12.1 Å². The number of esters is 1. The third-order valence-electron chi connectivity index (χ3n) is 3.32. The first-order chi connectivity index (χ1) is 9.78. The highest BCUT2D eigenvalue weighted by Crippen LogP contribution is 2.26. The first kappa shape index (κ1) is 17.7. The third kappa shape index (κ3) is 4.85. The number of hydrogen-bond acceptors (Lipinski definition) is 3. The molecule has 3 nitrogen and oxygen atoms in total. The van der Waals surface area contributed by atoms with Gasteiger partial charge in [0.25, 0.3) is 0 Å². The van der Waals surface area contributed by atoms with Crippen LogP contribution < -0.4 is 0 Å². The summed E-state index contributed by atoms with van der Waals surface area (Å²) in [5.41, 5.74) is 0.751. The molecule has 0 amide bonds. The molecule has 0 spiro atoms. The highest BCUT2D eigenvalue weighted by atomic mass is 35.5. The van der Waals surface area contributed by atoms with E-state index in [2.05, 4.69) is 0 Å². The smallest absolute Gasteiger partial charge is 0.316 e. The summed E-state index contributed by atoms with van der Waals surface area (Å²) < 4.78 is 5.28. The van der Waals surface area contributed by atoms with Crippen LogP contribution in [0.4, 0.5) is 0 Å². The standard InChI is InChI=1S/C17H23ClO3/c1-12(2)21-16(20)17(3,4)14-9-7-13(8-10-14)15(19)6-5-11-18/h7-10,12H,5-6,11H2,1-4H3. The molecule has 0 saturated carbocycles. The topological polar surface area (TPSA) is 43.4 Å². The normalized spacial score (nSPS) is 11.5. The molecule has 0 aliphatic carbocycles. The molecule has 0 N–H and O–H groups in total. The van der Waals surface area contributed by atoms with Gasteiger partial charge in [0.05, 0.1) is 11.5 Å². The van der Waals surface area contributed by atoms with Gasteiger partial charge in [-0.15, -0.1) is 11.6 Å². The number of carbonyl (C=O) groups excluding carboxylic acids is 2. The van der Waals surface area contributed by atoms with Crippen molar-refractivity contribution in [2.75, 3.05) is 5.88 Å². The Hall–Kier alpha value is -1.35. The molecule has 0 aliphatic rings. The number of carbonyl (C=O) groups is 2. The number of ketones is 1. The van der Waals surface area contributed by atoms with E-state index in [-0.39, 0.29) is 17.9 Å². The van der Waals surface area contributed by atoms with E-state index in [1.165, 1.54) is 0 Å². The van der Waals surface area contributed by atoms with Gasteiger partial charge in [0.15, 0.2) is 5.78 Å². The lowest BCUT2D eigenvalue weighted by molar-refractivity contribution is -0.153. The molecule has 0 saturated heterocycles. The lowest BCUT2D eigenvalue weighted by atomic mass is 9.84. The van der Waals surface area contributed by atoms with Crippen molar-refractivity contribution in [1.29, 1.82) is 0 Å². The van der Waals surface area contributed by atoms with Crippen LogP contribution in [0, 0.1) is 0 Å². The summed E-state index contributed by atoms with van der Waals surface area (Å²) in [6.45, 7) is 7.29. The van der Waals surface area contributed by atoms with Crippen molar-refractivity contribution in [3.05, 3.63) is 35.4 Å². The number of rotatable bonds is 7. The van der Waals surface area contributed by atoms with E-state index in [0.29, 0.717) is 24.3 Å². The zero-order valence-electron chi connectivity index (χ0n) is 13.1. The predicted octanol–water partition coefficient (Wildman–Crippen LogP) is 4.12. The molecule has 4 heteroatoms. The van der Waals surface area contributed by atoms with Crippen molar-refractivity contribution in [3.8, 4) is 0 Å². The predicted molar refractivity (Wildman–Crippen MR) is 85.0 cm³/mol. The van der Waals surface area contributed by atoms with Crippen LogP contribution in [0.25, 0.3) is 0 Å². The minimum absolute atomic E-state index is 0.0739. The Morgan fingerprint density at radius 2 is 1.76 bits per heavy atom. The average Bonchev–Trinajstić information content (AvgIpc) is 2.44. The lowest BCUT2D eigenvalue weighted by Crippen LogP contribution is -2.32. The zero-order valence-corrected chi connectivity index (χ0v) is 13.9. The minimum Gasteiger partial charge on any atom is -0.462 e. The van der Waals surface area contributed by atoms with Crippen molar-refractivity contribution < 1.29 is 14.3 Å². The highest BCUT2D eigenvalue weighted by Gasteiger charge is 2.32. The molecule has 0 radical (unpaired) electrons. The summed E-state index contributed by atoms with van der Waals surface area (Å²) in [6, 6.07) is 7.15. The number of halogens is 1. The number of ether oxygens (including phenoxy) is 1. The summed E-state index contributed by atoms with van der Waals surface area (Å²) in [7, 11) is 0. The Morgan fingerprint density at radius 3 is 2.24 bits per heavy atom. The maximum atomic E-state index is 12.1. The summed E-state index contributed by atoms with van der Waals surface area (Å²) in [5, 5.41) is 0. The molecule has 1 rings (SSSR count). The summed E-state index contributed by atoms with van der Waals surface area (Å²) in [6.07, 6.45) is 0.976. The SMILES string of the molecule is CC(C)OC(=O)C(C)(C)c1ccc(C(=O)CCCCl)cc1. The van der Waals surface area contributed by atoms with Crippen LogP contribution in [-0.4, -0.2) is 23.7 Å². The van der Waals surface area contributed by atoms with Gasteiger partial charge in [-0.25, -0.2) is 0 Å². The zero-order chi connectivity index (χ0) is 16.0. The summed E-state index contributed by atoms with van der Waals surface area (Å²) in [4.78, 5) is 24.0. The quantitative estimate of drug-likeness (QED) is 0.432. The molecule has 0 bridgehead atoms. The second kappa shape index (κ2) is 7.60. The molecule has 116 valence electrons. The monoisotopic (exact) mass is 310 g/mol. The second-order valence-electron chi connectivity index (χ2n) is 5.87. The first-order valence-corrected chi connectivity index (χ1v) is 7.73. The van der Waals surface area contributed by atoms with Crippen LogP contribution >= 0.6 is 11.6 Å². The van der Waals surface area contributed by atoms with E-state index in [4.69, 9.17) is 16.3 Å². The van der Waals surface area contributed by atoms with Gasteiger partial charge in [-0.05, 0) is 39.7 Å². The van der Waals surface area contributed by atoms with Gasteiger partial charge >= 0.3 is 5.97 Å². The van der Waals surface area contributed by atoms with E-state index < -0.39 is 5.41 Å². The van der Waals surface area contributed by atoms with E-state index >= 15 is 0 Å². The number of hydrogen-bond donors (Lipinski definition) is 0. The molecule has 1 aromatic rings. The Bertz CT molecular complexity index is 489. The average molecular weight is 311 g/mol. The number of benzene rings is 1. The fraction of sp³-hybridized carbons (Fsp3) is 0.529. The van der Waals surface area contributed by atoms with Crippen LogP contribution in [0.1, 0.15) is 56.5 Å². The van der Waals surface area contributed by atoms with E-state index in [1.807, 2.05) is 39.8 Å². The molecule has 0 unspecified atom stereocenters. The summed E-state index contributed by atoms with van der Waals surface area (Å²) >= 11 is 5.59. The molecule has 21 heavy (non-hydrogen) atoms. The Balaban J connectivity index is 2.85. The van der Waals surface area contributed by atoms with Gasteiger partial charge in [0.2, 0.25) is 0 Å². The van der Waals surface area contributed by atoms with Crippen molar-refractivity contribution in [1.82, 2.24) is 0 Å².